The molecule has 1 heterocycles. The molecule has 0 aliphatic carbocycles. The monoisotopic (exact) mass is 226 g/mol. The first-order chi connectivity index (χ1) is 7.52. The van der Waals surface area contributed by atoms with Crippen molar-refractivity contribution in [2.75, 3.05) is 7.11 Å². The fraction of sp³-hybridized carbons (Fsp3) is 0.300. The molecule has 0 bridgehead atoms. The van der Waals surface area contributed by atoms with E-state index < -0.39 is 18.1 Å². The smallest absolute Gasteiger partial charge is 0.340 e. The second-order valence-corrected chi connectivity index (χ2v) is 2.96. The van der Waals surface area contributed by atoms with E-state index in [1.54, 1.807) is 6.07 Å². The standard InChI is InChI=1S/C10H8F2N2O2/c1-5-6(3-13)7(10(15)16-2)4-14-8(5)9(11)12/h4,9H,1-2H3. The van der Waals surface area contributed by atoms with Crippen molar-refractivity contribution in [2.45, 2.75) is 13.3 Å². The second kappa shape index (κ2) is 4.66. The molecule has 0 spiro atoms. The third kappa shape index (κ3) is 1.98. The maximum atomic E-state index is 12.5. The molecule has 0 unspecified atom stereocenters. The van der Waals surface area contributed by atoms with Gasteiger partial charge in [-0.25, -0.2) is 13.6 Å². The maximum absolute atomic E-state index is 12.5. The van der Waals surface area contributed by atoms with Gasteiger partial charge in [0.2, 0.25) is 0 Å². The number of carbonyl (C=O) groups is 1. The zero-order valence-electron chi connectivity index (χ0n) is 8.62. The summed E-state index contributed by atoms with van der Waals surface area (Å²) in [7, 11) is 1.14. The van der Waals surface area contributed by atoms with Gasteiger partial charge in [0, 0.05) is 6.20 Å². The highest BCUT2D eigenvalue weighted by molar-refractivity contribution is 5.92. The molecule has 0 aliphatic heterocycles. The van der Waals surface area contributed by atoms with Gasteiger partial charge in [-0.3, -0.25) is 4.98 Å². The lowest BCUT2D eigenvalue weighted by Gasteiger charge is -2.08. The fourth-order valence-corrected chi connectivity index (χ4v) is 1.25. The van der Waals surface area contributed by atoms with Gasteiger partial charge in [-0.2, -0.15) is 5.26 Å². The van der Waals surface area contributed by atoms with Crippen LogP contribution < -0.4 is 0 Å². The van der Waals surface area contributed by atoms with Crippen LogP contribution in [0.1, 0.15) is 33.6 Å². The highest BCUT2D eigenvalue weighted by atomic mass is 19.3. The summed E-state index contributed by atoms with van der Waals surface area (Å²) in [5, 5.41) is 8.82. The number of nitriles is 1. The Morgan fingerprint density at radius 3 is 2.69 bits per heavy atom. The average Bonchev–Trinajstić information content (AvgIpc) is 2.26. The second-order valence-electron chi connectivity index (χ2n) is 2.96. The van der Waals surface area contributed by atoms with Gasteiger partial charge in [0.15, 0.2) is 0 Å². The summed E-state index contributed by atoms with van der Waals surface area (Å²) in [6, 6.07) is 1.70. The van der Waals surface area contributed by atoms with Gasteiger partial charge >= 0.3 is 5.97 Å². The van der Waals surface area contributed by atoms with Crippen molar-refractivity contribution < 1.29 is 18.3 Å². The summed E-state index contributed by atoms with van der Waals surface area (Å²) < 4.78 is 29.4. The van der Waals surface area contributed by atoms with Gasteiger partial charge < -0.3 is 4.74 Å². The Kier molecular flexibility index (Phi) is 3.51. The predicted molar refractivity (Wildman–Crippen MR) is 50.0 cm³/mol. The quantitative estimate of drug-likeness (QED) is 0.723. The highest BCUT2D eigenvalue weighted by Crippen LogP contribution is 2.24. The number of esters is 1. The lowest BCUT2D eigenvalue weighted by molar-refractivity contribution is 0.0599. The van der Waals surface area contributed by atoms with E-state index in [1.165, 1.54) is 6.92 Å². The first-order valence-electron chi connectivity index (χ1n) is 4.29. The molecule has 0 saturated heterocycles. The van der Waals surface area contributed by atoms with E-state index in [1.807, 2.05) is 0 Å². The molecule has 0 aromatic carbocycles. The summed E-state index contributed by atoms with van der Waals surface area (Å²) in [6.45, 7) is 1.32. The molecule has 6 heteroatoms. The number of carbonyl (C=O) groups excluding carboxylic acids is 1. The largest absolute Gasteiger partial charge is 0.465 e. The lowest BCUT2D eigenvalue weighted by atomic mass is 10.0. The van der Waals surface area contributed by atoms with Crippen LogP contribution in [0.3, 0.4) is 0 Å². The Bertz CT molecular complexity index is 467. The number of hydrogen-bond acceptors (Lipinski definition) is 4. The SMILES string of the molecule is COC(=O)c1cnc(C(F)F)c(C)c1C#N. The van der Waals surface area contributed by atoms with Gasteiger partial charge in [0.25, 0.3) is 6.43 Å². The molecule has 0 radical (unpaired) electrons. The molecule has 1 aromatic rings. The molecule has 0 atom stereocenters. The Morgan fingerprint density at radius 2 is 2.25 bits per heavy atom. The van der Waals surface area contributed by atoms with Crippen LogP contribution in [-0.4, -0.2) is 18.1 Å². The Balaban J connectivity index is 3.42. The summed E-state index contributed by atoms with van der Waals surface area (Å²) in [4.78, 5) is 14.7. The molecule has 1 rings (SSSR count). The van der Waals surface area contributed by atoms with Crippen LogP contribution in [0.4, 0.5) is 8.78 Å². The van der Waals surface area contributed by atoms with Crippen molar-refractivity contribution in [1.29, 1.82) is 5.26 Å². The highest BCUT2D eigenvalue weighted by Gasteiger charge is 2.21. The average molecular weight is 226 g/mol. The van der Waals surface area contributed by atoms with Crippen LogP contribution in [0.15, 0.2) is 6.20 Å². The van der Waals surface area contributed by atoms with E-state index in [0.29, 0.717) is 0 Å². The zero-order chi connectivity index (χ0) is 12.3. The molecule has 0 amide bonds. The van der Waals surface area contributed by atoms with Crippen molar-refractivity contribution in [3.63, 3.8) is 0 Å². The van der Waals surface area contributed by atoms with Crippen LogP contribution in [-0.2, 0) is 4.74 Å². The van der Waals surface area contributed by atoms with Gasteiger partial charge in [-0.05, 0) is 12.5 Å². The number of ether oxygens (including phenoxy) is 1. The van der Waals surface area contributed by atoms with Crippen LogP contribution in [0.5, 0.6) is 0 Å². The fourth-order valence-electron chi connectivity index (χ4n) is 1.25. The molecule has 16 heavy (non-hydrogen) atoms. The van der Waals surface area contributed by atoms with Crippen molar-refractivity contribution in [3.05, 3.63) is 28.6 Å². The summed E-state index contributed by atoms with van der Waals surface area (Å²) in [5.74, 6) is -0.770. The van der Waals surface area contributed by atoms with Crippen molar-refractivity contribution in [3.8, 4) is 6.07 Å². The number of halogens is 2. The minimum Gasteiger partial charge on any atom is -0.465 e. The van der Waals surface area contributed by atoms with Crippen LogP contribution >= 0.6 is 0 Å². The van der Waals surface area contributed by atoms with Gasteiger partial charge in [0.1, 0.15) is 11.8 Å². The van der Waals surface area contributed by atoms with Gasteiger partial charge in [-0.15, -0.1) is 0 Å². The molecule has 0 aliphatic rings. The van der Waals surface area contributed by atoms with E-state index in [4.69, 9.17) is 5.26 Å². The molecule has 0 saturated carbocycles. The predicted octanol–water partition coefficient (Wildman–Crippen LogP) is 1.99. The first-order valence-corrected chi connectivity index (χ1v) is 4.29. The normalized spacial score (nSPS) is 10.0. The topological polar surface area (TPSA) is 63.0 Å². The van der Waals surface area contributed by atoms with E-state index in [-0.39, 0.29) is 16.7 Å². The number of pyridine rings is 1. The third-order valence-electron chi connectivity index (χ3n) is 2.09. The van der Waals surface area contributed by atoms with E-state index in [2.05, 4.69) is 9.72 Å². The van der Waals surface area contributed by atoms with Crippen molar-refractivity contribution in [1.82, 2.24) is 4.98 Å². The molecule has 0 N–H and O–H groups in total. The number of alkyl halides is 2. The number of rotatable bonds is 2. The molecular formula is C10H8F2N2O2. The Morgan fingerprint density at radius 1 is 1.62 bits per heavy atom. The number of hydrogen-bond donors (Lipinski definition) is 0. The number of aromatic nitrogens is 1. The van der Waals surface area contributed by atoms with E-state index in [9.17, 15) is 13.6 Å². The molecule has 4 nitrogen and oxygen atoms in total. The molecule has 1 aromatic heterocycles. The van der Waals surface area contributed by atoms with Crippen molar-refractivity contribution in [2.24, 2.45) is 0 Å². The molecule has 84 valence electrons. The molecular weight excluding hydrogens is 218 g/mol. The van der Waals surface area contributed by atoms with Crippen LogP contribution in [0.25, 0.3) is 0 Å². The van der Waals surface area contributed by atoms with E-state index >= 15 is 0 Å². The molecule has 0 fully saturated rings. The third-order valence-corrected chi connectivity index (χ3v) is 2.09. The minimum atomic E-state index is -2.78. The van der Waals surface area contributed by atoms with Gasteiger partial charge in [-0.1, -0.05) is 0 Å². The minimum absolute atomic E-state index is 0.000370. The Labute approximate surface area is 90.5 Å². The van der Waals surface area contributed by atoms with Crippen LogP contribution in [0, 0.1) is 18.3 Å². The summed E-state index contributed by atoms with van der Waals surface area (Å²) >= 11 is 0. The van der Waals surface area contributed by atoms with Crippen LogP contribution in [0.2, 0.25) is 0 Å². The maximum Gasteiger partial charge on any atom is 0.340 e. The lowest BCUT2D eigenvalue weighted by Crippen LogP contribution is -2.09. The van der Waals surface area contributed by atoms with Crippen molar-refractivity contribution >= 4 is 5.97 Å². The number of methoxy groups -OCH3 is 1. The summed E-state index contributed by atoms with van der Waals surface area (Å²) in [5.41, 5.74) is -0.728. The zero-order valence-corrected chi connectivity index (χ0v) is 8.62. The first kappa shape index (κ1) is 12.0. The number of nitrogens with zero attached hydrogens (tertiary/aromatic N) is 2. The summed E-state index contributed by atoms with van der Waals surface area (Å²) in [6.07, 6.45) is -1.85. The van der Waals surface area contributed by atoms with E-state index in [0.717, 1.165) is 13.3 Å². The Hall–Kier alpha value is -2.03. The van der Waals surface area contributed by atoms with Gasteiger partial charge in [0.05, 0.1) is 18.2 Å².